The first kappa shape index (κ1) is 17.7. The quantitative estimate of drug-likeness (QED) is 0.633. The number of hydrogen-bond acceptors (Lipinski definition) is 6. The minimum absolute atomic E-state index is 0.0374. The Kier molecular flexibility index (Phi) is 4.94. The molecule has 0 aliphatic heterocycles. The third kappa shape index (κ3) is 3.73. The average Bonchev–Trinajstić information content (AvgIpc) is 3.04. The Bertz CT molecular complexity index is 1050. The first-order valence-electron chi connectivity index (χ1n) is 8.99. The summed E-state index contributed by atoms with van der Waals surface area (Å²) in [7, 11) is 0. The van der Waals surface area contributed by atoms with E-state index in [0.29, 0.717) is 16.4 Å². The Morgan fingerprint density at radius 1 is 1.26 bits per heavy atom. The van der Waals surface area contributed by atoms with Gasteiger partial charge in [-0.3, -0.25) is 9.20 Å². The largest absolute Gasteiger partial charge is 0.482 e. The lowest BCUT2D eigenvalue weighted by Crippen LogP contribution is -2.19. The maximum absolute atomic E-state index is 12.5. The summed E-state index contributed by atoms with van der Waals surface area (Å²) in [6.45, 7) is 1.69. The Hall–Kier alpha value is -2.67. The molecule has 0 fully saturated rings. The maximum atomic E-state index is 12.5. The van der Waals surface area contributed by atoms with E-state index in [0.717, 1.165) is 36.9 Å². The third-order valence-electron chi connectivity index (χ3n) is 4.63. The van der Waals surface area contributed by atoms with Gasteiger partial charge in [-0.05, 0) is 44.2 Å². The molecule has 1 aromatic carbocycles. The number of carbonyl (C=O) groups is 1. The number of carbonyl (C=O) groups excluding carboxylic acids is 1. The smallest absolute Gasteiger partial charge is 0.344 e. The lowest BCUT2D eigenvalue weighted by molar-refractivity contribution is -0.147. The van der Waals surface area contributed by atoms with Crippen molar-refractivity contribution in [1.82, 2.24) is 9.38 Å². The molecule has 2 heterocycles. The predicted molar refractivity (Wildman–Crippen MR) is 102 cm³/mol. The van der Waals surface area contributed by atoms with Crippen LogP contribution in [0.5, 0.6) is 5.75 Å². The van der Waals surface area contributed by atoms with Crippen molar-refractivity contribution in [3.8, 4) is 5.75 Å². The molecule has 0 spiro atoms. The van der Waals surface area contributed by atoms with E-state index in [4.69, 9.17) is 9.47 Å². The molecule has 1 aliphatic carbocycles. The fraction of sp³-hybridized carbons (Fsp3) is 0.350. The normalized spacial score (nSPS) is 13.4. The van der Waals surface area contributed by atoms with E-state index < -0.39 is 5.97 Å². The molecule has 0 radical (unpaired) electrons. The van der Waals surface area contributed by atoms with Crippen molar-refractivity contribution >= 4 is 22.3 Å². The second-order valence-corrected chi connectivity index (χ2v) is 7.66. The van der Waals surface area contributed by atoms with Gasteiger partial charge in [-0.1, -0.05) is 18.2 Å². The van der Waals surface area contributed by atoms with Gasteiger partial charge in [0.25, 0.3) is 5.56 Å². The van der Waals surface area contributed by atoms with Crippen LogP contribution in [0.15, 0.2) is 35.1 Å². The highest BCUT2D eigenvalue weighted by atomic mass is 32.1. The molecule has 7 heteroatoms. The topological polar surface area (TPSA) is 69.9 Å². The molecule has 0 unspecified atom stereocenters. The van der Waals surface area contributed by atoms with Crippen LogP contribution in [-0.2, 0) is 29.0 Å². The molecule has 140 valence electrons. The monoisotopic (exact) mass is 384 g/mol. The van der Waals surface area contributed by atoms with Crippen molar-refractivity contribution in [3.63, 3.8) is 0 Å². The first-order chi connectivity index (χ1) is 13.1. The highest BCUT2D eigenvalue weighted by Gasteiger charge is 2.18. The molecular formula is C20H20N2O4S. The van der Waals surface area contributed by atoms with Gasteiger partial charge < -0.3 is 9.47 Å². The van der Waals surface area contributed by atoms with Crippen molar-refractivity contribution in [2.24, 2.45) is 0 Å². The average molecular weight is 384 g/mol. The molecule has 27 heavy (non-hydrogen) atoms. The number of fused-ring (bicyclic) bond motifs is 3. The van der Waals surface area contributed by atoms with Crippen molar-refractivity contribution in [2.75, 3.05) is 6.61 Å². The number of rotatable bonds is 5. The Labute approximate surface area is 160 Å². The number of aromatic nitrogens is 2. The van der Waals surface area contributed by atoms with E-state index in [1.807, 2.05) is 25.1 Å². The number of ether oxygens (including phenoxy) is 2. The van der Waals surface area contributed by atoms with Crippen LogP contribution < -0.4 is 10.3 Å². The minimum Gasteiger partial charge on any atom is -0.482 e. The standard InChI is InChI=1S/C20H20N2O4S/c1-13-6-2-4-8-16(13)25-12-19(24)26-11-14-10-18(23)22-15-7-3-5-9-17(15)27-20(22)21-14/h2,4,6,8,10H,3,5,7,9,11-12H2,1H3. The summed E-state index contributed by atoms with van der Waals surface area (Å²) in [5.74, 6) is 0.155. The van der Waals surface area contributed by atoms with Crippen LogP contribution in [0.3, 0.4) is 0 Å². The molecule has 0 N–H and O–H groups in total. The van der Waals surface area contributed by atoms with E-state index >= 15 is 0 Å². The summed E-state index contributed by atoms with van der Waals surface area (Å²) >= 11 is 1.56. The van der Waals surface area contributed by atoms with Crippen LogP contribution in [0, 0.1) is 6.92 Å². The molecule has 6 nitrogen and oxygen atoms in total. The van der Waals surface area contributed by atoms with Crippen LogP contribution in [0.2, 0.25) is 0 Å². The molecule has 2 aromatic heterocycles. The number of aryl methyl sites for hydroxylation is 3. The van der Waals surface area contributed by atoms with Crippen molar-refractivity contribution < 1.29 is 14.3 Å². The molecule has 3 aromatic rings. The van der Waals surface area contributed by atoms with Gasteiger partial charge >= 0.3 is 5.97 Å². The van der Waals surface area contributed by atoms with Crippen LogP contribution >= 0.6 is 11.3 Å². The van der Waals surface area contributed by atoms with E-state index in [9.17, 15) is 9.59 Å². The second-order valence-electron chi connectivity index (χ2n) is 6.60. The fourth-order valence-corrected chi connectivity index (χ4v) is 4.50. The summed E-state index contributed by atoms with van der Waals surface area (Å²) in [6, 6.07) is 8.92. The highest BCUT2D eigenvalue weighted by Crippen LogP contribution is 2.28. The number of esters is 1. The van der Waals surface area contributed by atoms with E-state index in [1.165, 1.54) is 10.9 Å². The number of para-hydroxylation sites is 1. The lowest BCUT2D eigenvalue weighted by atomic mass is 10.0. The van der Waals surface area contributed by atoms with Gasteiger partial charge in [0.15, 0.2) is 11.6 Å². The van der Waals surface area contributed by atoms with Crippen molar-refractivity contribution in [3.05, 3.63) is 62.5 Å². The van der Waals surface area contributed by atoms with E-state index in [2.05, 4.69) is 4.98 Å². The highest BCUT2D eigenvalue weighted by molar-refractivity contribution is 7.17. The number of thiazole rings is 1. The zero-order valence-corrected chi connectivity index (χ0v) is 15.9. The SMILES string of the molecule is Cc1ccccc1OCC(=O)OCc1cc(=O)n2c3c(sc2n1)CCCC3. The maximum Gasteiger partial charge on any atom is 0.344 e. The Morgan fingerprint density at radius 3 is 2.93 bits per heavy atom. The van der Waals surface area contributed by atoms with Gasteiger partial charge in [-0.15, -0.1) is 11.3 Å². The minimum atomic E-state index is -0.495. The van der Waals surface area contributed by atoms with Gasteiger partial charge in [0.05, 0.1) is 5.69 Å². The van der Waals surface area contributed by atoms with Gasteiger partial charge in [0, 0.05) is 16.6 Å². The van der Waals surface area contributed by atoms with Crippen LogP contribution in [0.25, 0.3) is 4.96 Å². The predicted octanol–water partition coefficient (Wildman–Crippen LogP) is 3.07. The molecule has 0 saturated carbocycles. The van der Waals surface area contributed by atoms with E-state index in [-0.39, 0.29) is 18.8 Å². The summed E-state index contributed by atoms with van der Waals surface area (Å²) in [5.41, 5.74) is 2.39. The summed E-state index contributed by atoms with van der Waals surface area (Å²) in [4.78, 5) is 30.9. The lowest BCUT2D eigenvalue weighted by Gasteiger charge is -2.10. The van der Waals surface area contributed by atoms with Crippen LogP contribution in [0.4, 0.5) is 0 Å². The van der Waals surface area contributed by atoms with Crippen LogP contribution in [-0.4, -0.2) is 22.0 Å². The summed E-state index contributed by atoms with van der Waals surface area (Å²) < 4.78 is 12.4. The molecule has 0 atom stereocenters. The van der Waals surface area contributed by atoms with E-state index in [1.54, 1.807) is 21.8 Å². The molecule has 0 bridgehead atoms. The molecule has 0 amide bonds. The van der Waals surface area contributed by atoms with Crippen molar-refractivity contribution in [2.45, 2.75) is 39.2 Å². The third-order valence-corrected chi connectivity index (χ3v) is 5.78. The first-order valence-corrected chi connectivity index (χ1v) is 9.81. The fourth-order valence-electron chi connectivity index (χ4n) is 3.27. The molecule has 0 saturated heterocycles. The number of hydrogen-bond donors (Lipinski definition) is 0. The van der Waals surface area contributed by atoms with Gasteiger partial charge in [-0.25, -0.2) is 9.78 Å². The van der Waals surface area contributed by atoms with Gasteiger partial charge in [0.1, 0.15) is 12.4 Å². The molecular weight excluding hydrogens is 364 g/mol. The van der Waals surface area contributed by atoms with Crippen LogP contribution in [0.1, 0.15) is 34.7 Å². The van der Waals surface area contributed by atoms with Crippen molar-refractivity contribution in [1.29, 1.82) is 0 Å². The van der Waals surface area contributed by atoms with Gasteiger partial charge in [-0.2, -0.15) is 0 Å². The molecule has 1 aliphatic rings. The number of benzene rings is 1. The Morgan fingerprint density at radius 2 is 2.07 bits per heavy atom. The zero-order chi connectivity index (χ0) is 18.8. The summed E-state index contributed by atoms with van der Waals surface area (Å²) in [6.07, 6.45) is 4.18. The zero-order valence-electron chi connectivity index (χ0n) is 15.1. The van der Waals surface area contributed by atoms with Gasteiger partial charge in [0.2, 0.25) is 0 Å². The summed E-state index contributed by atoms with van der Waals surface area (Å²) in [5, 5.41) is 0. The Balaban J connectivity index is 1.42. The second kappa shape index (κ2) is 7.52. The molecule has 4 rings (SSSR count). The number of nitrogens with zero attached hydrogens (tertiary/aromatic N) is 2.